The van der Waals surface area contributed by atoms with E-state index in [9.17, 15) is 14.0 Å². The number of nitrogens with one attached hydrogen (secondary N) is 3. The summed E-state index contributed by atoms with van der Waals surface area (Å²) in [6.07, 6.45) is 1.35. The Morgan fingerprint density at radius 2 is 2.00 bits per heavy atom. The molecule has 3 aromatic rings. The van der Waals surface area contributed by atoms with E-state index < -0.39 is 11.7 Å². The molecule has 0 aliphatic rings. The van der Waals surface area contributed by atoms with Gasteiger partial charge >= 0.3 is 0 Å². The summed E-state index contributed by atoms with van der Waals surface area (Å²) in [5.74, 6) is -0.509. The van der Waals surface area contributed by atoms with Crippen LogP contribution in [0.2, 0.25) is 0 Å². The van der Waals surface area contributed by atoms with E-state index in [4.69, 9.17) is 0 Å². The van der Waals surface area contributed by atoms with Gasteiger partial charge in [0.1, 0.15) is 12.1 Å². The number of nitrogens with zero attached hydrogens (tertiary/aromatic N) is 2. The molecule has 7 nitrogen and oxygen atoms in total. The minimum absolute atomic E-state index is 0.0289. The Hall–Kier alpha value is -3.20. The number of halogens is 1. The van der Waals surface area contributed by atoms with E-state index in [2.05, 4.69) is 25.8 Å². The standard InChI is InChI=1S/C20H20FN5O2S/c1-12(2)24-18(27)10-29-17-6-4-3-5-14(17)20(28)25-16-9-13(7-8-15(16)21)19-22-11-23-26-19/h3-9,11-12H,10H2,1-2H3,(H,24,27)(H,25,28)(H,22,23,26). The highest BCUT2D eigenvalue weighted by atomic mass is 32.2. The van der Waals surface area contributed by atoms with E-state index in [1.165, 1.54) is 30.2 Å². The van der Waals surface area contributed by atoms with Gasteiger partial charge in [-0.1, -0.05) is 12.1 Å². The van der Waals surface area contributed by atoms with Gasteiger partial charge in [-0.05, 0) is 44.2 Å². The highest BCUT2D eigenvalue weighted by Crippen LogP contribution is 2.26. The predicted molar refractivity (Wildman–Crippen MR) is 110 cm³/mol. The second-order valence-corrected chi connectivity index (χ2v) is 7.51. The van der Waals surface area contributed by atoms with Crippen molar-refractivity contribution in [1.82, 2.24) is 20.5 Å². The van der Waals surface area contributed by atoms with Gasteiger partial charge < -0.3 is 10.6 Å². The first-order valence-corrected chi connectivity index (χ1v) is 9.90. The third-order valence-corrected chi connectivity index (χ3v) is 4.92. The van der Waals surface area contributed by atoms with Gasteiger partial charge in [0.05, 0.1) is 17.0 Å². The topological polar surface area (TPSA) is 99.8 Å². The van der Waals surface area contributed by atoms with Crippen molar-refractivity contribution in [1.29, 1.82) is 0 Å². The van der Waals surface area contributed by atoms with Crippen molar-refractivity contribution in [2.45, 2.75) is 24.8 Å². The minimum Gasteiger partial charge on any atom is -0.353 e. The maximum atomic E-state index is 14.2. The van der Waals surface area contributed by atoms with E-state index in [0.29, 0.717) is 21.8 Å². The SMILES string of the molecule is CC(C)NC(=O)CSc1ccccc1C(=O)Nc1cc(-c2ncn[nH]2)ccc1F. The Balaban J connectivity index is 1.76. The van der Waals surface area contributed by atoms with Crippen molar-refractivity contribution in [3.05, 3.63) is 60.2 Å². The van der Waals surface area contributed by atoms with Crippen molar-refractivity contribution >= 4 is 29.3 Å². The lowest BCUT2D eigenvalue weighted by molar-refractivity contribution is -0.119. The molecule has 0 saturated heterocycles. The molecule has 2 amide bonds. The van der Waals surface area contributed by atoms with Gasteiger partial charge in [-0.25, -0.2) is 9.37 Å². The minimum atomic E-state index is -0.567. The molecule has 1 aromatic heterocycles. The number of aromatic nitrogens is 3. The average molecular weight is 413 g/mol. The molecule has 0 fully saturated rings. The average Bonchev–Trinajstić information content (AvgIpc) is 3.22. The summed E-state index contributed by atoms with van der Waals surface area (Å²) in [6, 6.07) is 11.2. The Kier molecular flexibility index (Phi) is 6.61. The second-order valence-electron chi connectivity index (χ2n) is 6.49. The van der Waals surface area contributed by atoms with Crippen LogP contribution in [0.15, 0.2) is 53.7 Å². The number of thioether (sulfide) groups is 1. The molecule has 0 saturated carbocycles. The molecular formula is C20H20FN5O2S. The molecule has 3 rings (SSSR count). The van der Waals surface area contributed by atoms with Crippen LogP contribution in [-0.2, 0) is 4.79 Å². The van der Waals surface area contributed by atoms with Crippen molar-refractivity contribution in [3.8, 4) is 11.4 Å². The Labute approximate surface area is 171 Å². The van der Waals surface area contributed by atoms with Crippen LogP contribution in [0.3, 0.4) is 0 Å². The van der Waals surface area contributed by atoms with E-state index in [1.807, 2.05) is 13.8 Å². The van der Waals surface area contributed by atoms with Crippen LogP contribution in [-0.4, -0.2) is 38.8 Å². The number of aromatic amines is 1. The summed E-state index contributed by atoms with van der Waals surface area (Å²) in [4.78, 5) is 29.3. The van der Waals surface area contributed by atoms with Crippen LogP contribution < -0.4 is 10.6 Å². The molecule has 0 spiro atoms. The highest BCUT2D eigenvalue weighted by Gasteiger charge is 2.16. The quantitative estimate of drug-likeness (QED) is 0.515. The van der Waals surface area contributed by atoms with E-state index >= 15 is 0 Å². The fraction of sp³-hybridized carbons (Fsp3) is 0.200. The molecule has 29 heavy (non-hydrogen) atoms. The van der Waals surface area contributed by atoms with E-state index in [-0.39, 0.29) is 23.4 Å². The summed E-state index contributed by atoms with van der Waals surface area (Å²) in [6.45, 7) is 3.76. The zero-order chi connectivity index (χ0) is 20.8. The van der Waals surface area contributed by atoms with Crippen LogP contribution in [0.1, 0.15) is 24.2 Å². The Morgan fingerprint density at radius 3 is 2.72 bits per heavy atom. The Bertz CT molecular complexity index is 1010. The molecule has 9 heteroatoms. The summed E-state index contributed by atoms with van der Waals surface area (Å²) in [5, 5.41) is 11.9. The number of hydrogen-bond donors (Lipinski definition) is 3. The maximum Gasteiger partial charge on any atom is 0.256 e. The van der Waals surface area contributed by atoms with Crippen LogP contribution >= 0.6 is 11.8 Å². The number of H-pyrrole nitrogens is 1. The fourth-order valence-corrected chi connectivity index (χ4v) is 3.45. The number of amides is 2. The van der Waals surface area contributed by atoms with Gasteiger partial charge in [0, 0.05) is 16.5 Å². The second kappa shape index (κ2) is 9.33. The number of rotatable bonds is 7. The molecule has 3 N–H and O–H groups in total. The van der Waals surface area contributed by atoms with Crippen LogP contribution in [0.4, 0.5) is 10.1 Å². The first kappa shape index (κ1) is 20.5. The molecule has 0 aliphatic carbocycles. The third kappa shape index (κ3) is 5.41. The lowest BCUT2D eigenvalue weighted by atomic mass is 10.1. The summed E-state index contributed by atoms with van der Waals surface area (Å²) >= 11 is 1.25. The van der Waals surface area contributed by atoms with Crippen molar-refractivity contribution in [2.24, 2.45) is 0 Å². The monoisotopic (exact) mass is 413 g/mol. The van der Waals surface area contributed by atoms with Gasteiger partial charge in [-0.3, -0.25) is 14.7 Å². The zero-order valence-electron chi connectivity index (χ0n) is 15.9. The summed E-state index contributed by atoms with van der Waals surface area (Å²) in [7, 11) is 0. The molecule has 0 aliphatic heterocycles. The fourth-order valence-electron chi connectivity index (χ4n) is 2.59. The molecule has 0 radical (unpaired) electrons. The van der Waals surface area contributed by atoms with Crippen molar-refractivity contribution in [3.63, 3.8) is 0 Å². The molecule has 150 valence electrons. The summed E-state index contributed by atoms with van der Waals surface area (Å²) < 4.78 is 14.2. The highest BCUT2D eigenvalue weighted by molar-refractivity contribution is 8.00. The lowest BCUT2D eigenvalue weighted by Crippen LogP contribution is -2.31. The van der Waals surface area contributed by atoms with Crippen LogP contribution in [0.5, 0.6) is 0 Å². The van der Waals surface area contributed by atoms with Gasteiger partial charge in [0.15, 0.2) is 5.82 Å². The molecular weight excluding hydrogens is 393 g/mol. The number of hydrogen-bond acceptors (Lipinski definition) is 5. The molecule has 0 atom stereocenters. The van der Waals surface area contributed by atoms with Gasteiger partial charge in [-0.2, -0.15) is 5.10 Å². The first-order chi connectivity index (χ1) is 13.9. The van der Waals surface area contributed by atoms with Crippen molar-refractivity contribution in [2.75, 3.05) is 11.1 Å². The van der Waals surface area contributed by atoms with Gasteiger partial charge in [0.25, 0.3) is 5.91 Å². The summed E-state index contributed by atoms with van der Waals surface area (Å²) in [5.41, 5.74) is 0.979. The number of carbonyl (C=O) groups excluding carboxylic acids is 2. The molecule has 0 bridgehead atoms. The smallest absolute Gasteiger partial charge is 0.256 e. The van der Waals surface area contributed by atoms with Crippen LogP contribution in [0, 0.1) is 5.82 Å². The number of anilines is 1. The molecule has 2 aromatic carbocycles. The lowest BCUT2D eigenvalue weighted by Gasteiger charge is -2.12. The Morgan fingerprint density at radius 1 is 1.21 bits per heavy atom. The third-order valence-electron chi connectivity index (χ3n) is 3.84. The zero-order valence-corrected chi connectivity index (χ0v) is 16.7. The maximum absolute atomic E-state index is 14.2. The normalized spacial score (nSPS) is 10.8. The molecule has 1 heterocycles. The molecule has 0 unspecified atom stereocenters. The number of carbonyl (C=O) groups is 2. The van der Waals surface area contributed by atoms with E-state index in [1.54, 1.807) is 30.3 Å². The van der Waals surface area contributed by atoms with Gasteiger partial charge in [0.2, 0.25) is 5.91 Å². The van der Waals surface area contributed by atoms with Gasteiger partial charge in [-0.15, -0.1) is 11.8 Å². The first-order valence-electron chi connectivity index (χ1n) is 8.92. The van der Waals surface area contributed by atoms with E-state index in [0.717, 1.165) is 0 Å². The predicted octanol–water partition coefficient (Wildman–Crippen LogP) is 3.48. The number of benzene rings is 2. The largest absolute Gasteiger partial charge is 0.353 e. The van der Waals surface area contributed by atoms with Crippen LogP contribution in [0.25, 0.3) is 11.4 Å². The van der Waals surface area contributed by atoms with Crippen molar-refractivity contribution < 1.29 is 14.0 Å².